The fourth-order valence-corrected chi connectivity index (χ4v) is 3.03. The molecule has 1 aromatic rings. The van der Waals surface area contributed by atoms with Crippen LogP contribution < -0.4 is 5.32 Å². The Kier molecular flexibility index (Phi) is 6.21. The highest BCUT2D eigenvalue weighted by molar-refractivity contribution is 8.01. The second kappa shape index (κ2) is 8.17. The van der Waals surface area contributed by atoms with Crippen LogP contribution in [0.1, 0.15) is 31.4 Å². The molecule has 1 fully saturated rings. The van der Waals surface area contributed by atoms with E-state index in [0.29, 0.717) is 12.5 Å². The number of carbonyl (C=O) groups excluding carboxylic acids is 1. The van der Waals surface area contributed by atoms with Crippen molar-refractivity contribution in [2.75, 3.05) is 6.54 Å². The number of hydrogen-bond donors (Lipinski definition) is 2. The average Bonchev–Trinajstić information content (AvgIpc) is 2.95. The lowest BCUT2D eigenvalue weighted by Gasteiger charge is -2.25. The smallest absolute Gasteiger partial charge is 0.244 e. The molecule has 0 aromatic carbocycles. The lowest BCUT2D eigenvalue weighted by Crippen LogP contribution is -2.31. The van der Waals surface area contributed by atoms with Crippen molar-refractivity contribution in [1.29, 1.82) is 0 Å². The van der Waals surface area contributed by atoms with Gasteiger partial charge in [-0.2, -0.15) is 0 Å². The monoisotopic (exact) mass is 295 g/mol. The molecular formula is C15H21NO3S. The highest BCUT2D eigenvalue weighted by Crippen LogP contribution is 2.23. The third-order valence-electron chi connectivity index (χ3n) is 3.44. The van der Waals surface area contributed by atoms with Crippen molar-refractivity contribution in [3.05, 3.63) is 35.6 Å². The van der Waals surface area contributed by atoms with Gasteiger partial charge in [-0.15, -0.1) is 11.8 Å². The zero-order chi connectivity index (χ0) is 14.2. The summed E-state index contributed by atoms with van der Waals surface area (Å²) in [6, 6.07) is 3.76. The molecule has 2 rings (SSSR count). The van der Waals surface area contributed by atoms with Gasteiger partial charge in [0.1, 0.15) is 5.76 Å². The van der Waals surface area contributed by atoms with Crippen molar-refractivity contribution >= 4 is 17.7 Å². The summed E-state index contributed by atoms with van der Waals surface area (Å²) in [7, 11) is 0. The van der Waals surface area contributed by atoms with E-state index in [2.05, 4.69) is 5.32 Å². The van der Waals surface area contributed by atoms with Gasteiger partial charge in [0.15, 0.2) is 0 Å². The van der Waals surface area contributed by atoms with Crippen LogP contribution in [0.4, 0.5) is 0 Å². The van der Waals surface area contributed by atoms with Crippen molar-refractivity contribution in [1.82, 2.24) is 5.32 Å². The molecule has 20 heavy (non-hydrogen) atoms. The molecule has 2 N–H and O–H groups in total. The quantitative estimate of drug-likeness (QED) is 0.792. The van der Waals surface area contributed by atoms with Gasteiger partial charge in [0.25, 0.3) is 0 Å². The molecule has 1 aliphatic rings. The first kappa shape index (κ1) is 15.2. The lowest BCUT2D eigenvalue weighted by molar-refractivity contribution is -0.116. The first-order chi connectivity index (χ1) is 9.74. The Balaban J connectivity index is 1.59. The molecule has 4 nitrogen and oxygen atoms in total. The average molecular weight is 295 g/mol. The van der Waals surface area contributed by atoms with Crippen molar-refractivity contribution in [3.63, 3.8) is 0 Å². The van der Waals surface area contributed by atoms with E-state index >= 15 is 0 Å². The van der Waals surface area contributed by atoms with Gasteiger partial charge in [-0.3, -0.25) is 4.79 Å². The fraction of sp³-hybridized carbons (Fsp3) is 0.533. The van der Waals surface area contributed by atoms with Crippen LogP contribution in [-0.2, 0) is 10.5 Å². The van der Waals surface area contributed by atoms with E-state index in [1.807, 2.05) is 12.1 Å². The maximum atomic E-state index is 11.6. The molecule has 1 saturated carbocycles. The number of amides is 1. The predicted octanol–water partition coefficient (Wildman–Crippen LogP) is 2.69. The van der Waals surface area contributed by atoms with Gasteiger partial charge in [0, 0.05) is 12.6 Å². The summed E-state index contributed by atoms with van der Waals surface area (Å²) < 4.78 is 5.20. The molecular weight excluding hydrogens is 274 g/mol. The van der Waals surface area contributed by atoms with E-state index in [0.717, 1.165) is 37.2 Å². The topological polar surface area (TPSA) is 62.5 Å². The third kappa shape index (κ3) is 5.43. The molecule has 0 bridgehead atoms. The molecule has 110 valence electrons. The van der Waals surface area contributed by atoms with Gasteiger partial charge in [-0.25, -0.2) is 0 Å². The molecule has 5 heteroatoms. The molecule has 0 aliphatic heterocycles. The Hall–Kier alpha value is -1.20. The normalized spacial score (nSPS) is 23.1. The van der Waals surface area contributed by atoms with Crippen LogP contribution in [0.25, 0.3) is 0 Å². The Morgan fingerprint density at radius 3 is 3.20 bits per heavy atom. The second-order valence-corrected chi connectivity index (χ2v) is 6.02. The van der Waals surface area contributed by atoms with E-state index in [9.17, 15) is 9.90 Å². The van der Waals surface area contributed by atoms with Gasteiger partial charge >= 0.3 is 0 Å². The number of furan rings is 1. The van der Waals surface area contributed by atoms with Gasteiger partial charge in [-0.1, -0.05) is 6.42 Å². The number of rotatable bonds is 6. The predicted molar refractivity (Wildman–Crippen MR) is 80.1 cm³/mol. The molecule has 0 radical (unpaired) electrons. The van der Waals surface area contributed by atoms with Crippen molar-refractivity contribution < 1.29 is 14.3 Å². The molecule has 1 aliphatic carbocycles. The van der Waals surface area contributed by atoms with E-state index in [1.54, 1.807) is 17.7 Å². The minimum atomic E-state index is -0.190. The molecule has 1 aromatic heterocycles. The van der Waals surface area contributed by atoms with Crippen molar-refractivity contribution in [2.45, 2.75) is 37.5 Å². The summed E-state index contributed by atoms with van der Waals surface area (Å²) >= 11 is 1.53. The van der Waals surface area contributed by atoms with Crippen LogP contribution in [0.15, 0.2) is 34.3 Å². The summed E-state index contributed by atoms with van der Waals surface area (Å²) in [4.78, 5) is 11.6. The standard InChI is InChI=1S/C15H21NO3S/c17-13-4-1-3-12(9-13)10-16-15(18)6-8-20-11-14-5-2-7-19-14/h2,5-8,12-13,17H,1,3-4,9-11H2,(H,16,18)/b8-6+. The maximum absolute atomic E-state index is 11.6. The SMILES string of the molecule is O=C(/C=C/SCc1ccco1)NCC1CCCC(O)C1. The first-order valence-corrected chi connectivity index (χ1v) is 8.05. The molecule has 0 saturated heterocycles. The van der Waals surface area contributed by atoms with Crippen LogP contribution >= 0.6 is 11.8 Å². The summed E-state index contributed by atoms with van der Waals surface area (Å²) in [5, 5.41) is 14.2. The van der Waals surface area contributed by atoms with E-state index in [-0.39, 0.29) is 12.0 Å². The molecule has 1 amide bonds. The van der Waals surface area contributed by atoms with Gasteiger partial charge in [0.05, 0.1) is 18.1 Å². The van der Waals surface area contributed by atoms with E-state index in [4.69, 9.17) is 4.42 Å². The largest absolute Gasteiger partial charge is 0.468 e. The van der Waals surface area contributed by atoms with Gasteiger partial charge in [0.2, 0.25) is 5.91 Å². The molecule has 2 unspecified atom stereocenters. The summed E-state index contributed by atoms with van der Waals surface area (Å²) in [5.74, 6) is 1.96. The fourth-order valence-electron chi connectivity index (χ4n) is 2.39. The second-order valence-electron chi connectivity index (χ2n) is 5.12. The lowest BCUT2D eigenvalue weighted by atomic mass is 9.87. The number of aliphatic hydroxyl groups excluding tert-OH is 1. The van der Waals surface area contributed by atoms with Crippen LogP contribution in [0.2, 0.25) is 0 Å². The molecule has 2 atom stereocenters. The Morgan fingerprint density at radius 1 is 1.55 bits per heavy atom. The van der Waals surface area contributed by atoms with Crippen LogP contribution in [-0.4, -0.2) is 23.7 Å². The summed E-state index contributed by atoms with van der Waals surface area (Å²) in [5.41, 5.74) is 0. The minimum absolute atomic E-state index is 0.0722. The number of thioether (sulfide) groups is 1. The Labute approximate surface area is 123 Å². The van der Waals surface area contributed by atoms with Crippen molar-refractivity contribution in [2.24, 2.45) is 5.92 Å². The zero-order valence-electron chi connectivity index (χ0n) is 11.5. The third-order valence-corrected chi connectivity index (χ3v) is 4.22. The highest BCUT2D eigenvalue weighted by atomic mass is 32.2. The summed E-state index contributed by atoms with van der Waals surface area (Å²) in [6.45, 7) is 0.656. The highest BCUT2D eigenvalue weighted by Gasteiger charge is 2.19. The zero-order valence-corrected chi connectivity index (χ0v) is 12.3. The first-order valence-electron chi connectivity index (χ1n) is 7.00. The van der Waals surface area contributed by atoms with Crippen LogP contribution in [0, 0.1) is 5.92 Å². The number of aliphatic hydroxyl groups is 1. The van der Waals surface area contributed by atoms with Crippen molar-refractivity contribution in [3.8, 4) is 0 Å². The Bertz CT molecular complexity index is 430. The molecule has 0 spiro atoms. The van der Waals surface area contributed by atoms with E-state index in [1.165, 1.54) is 11.8 Å². The molecule has 1 heterocycles. The van der Waals surface area contributed by atoms with Crippen LogP contribution in [0.5, 0.6) is 0 Å². The Morgan fingerprint density at radius 2 is 2.45 bits per heavy atom. The van der Waals surface area contributed by atoms with Gasteiger partial charge in [-0.05, 0) is 42.7 Å². The number of hydrogen-bond acceptors (Lipinski definition) is 4. The van der Waals surface area contributed by atoms with E-state index < -0.39 is 0 Å². The summed E-state index contributed by atoms with van der Waals surface area (Å²) in [6.07, 6.45) is 6.85. The maximum Gasteiger partial charge on any atom is 0.244 e. The van der Waals surface area contributed by atoms with Crippen LogP contribution in [0.3, 0.4) is 0 Å². The minimum Gasteiger partial charge on any atom is -0.468 e. The number of carbonyl (C=O) groups is 1. The van der Waals surface area contributed by atoms with Gasteiger partial charge < -0.3 is 14.8 Å². The number of nitrogens with one attached hydrogen (secondary N) is 1.